The van der Waals surface area contributed by atoms with Gasteiger partial charge >= 0.3 is 5.97 Å². The highest BCUT2D eigenvalue weighted by Gasteiger charge is 2.75. The minimum atomic E-state index is -0.553. The van der Waals surface area contributed by atoms with Crippen LogP contribution in [0, 0.1) is 0 Å². The topological polar surface area (TPSA) is 38.8 Å². The monoisotopic (exact) mass is 184 g/mol. The van der Waals surface area contributed by atoms with E-state index in [0.717, 1.165) is 25.7 Å². The minimum absolute atomic E-state index is 0.144. The SMILES string of the molecule is CCCOC(=O)C12CCCC1(C)O2. The Kier molecular flexibility index (Phi) is 1.88. The van der Waals surface area contributed by atoms with Crippen LogP contribution in [0.25, 0.3) is 0 Å². The molecular formula is C10H16O3. The third-order valence-electron chi connectivity index (χ3n) is 3.16. The van der Waals surface area contributed by atoms with E-state index in [9.17, 15) is 4.79 Å². The molecule has 1 saturated heterocycles. The van der Waals surface area contributed by atoms with Crippen molar-refractivity contribution in [2.75, 3.05) is 6.61 Å². The summed E-state index contributed by atoms with van der Waals surface area (Å²) in [6, 6.07) is 0. The van der Waals surface area contributed by atoms with Gasteiger partial charge < -0.3 is 9.47 Å². The zero-order valence-electron chi connectivity index (χ0n) is 8.26. The number of hydrogen-bond acceptors (Lipinski definition) is 3. The van der Waals surface area contributed by atoms with Crippen LogP contribution >= 0.6 is 0 Å². The molecule has 2 fully saturated rings. The quantitative estimate of drug-likeness (QED) is 0.494. The van der Waals surface area contributed by atoms with Crippen LogP contribution in [-0.4, -0.2) is 23.8 Å². The molecule has 74 valence electrons. The molecule has 0 radical (unpaired) electrons. The van der Waals surface area contributed by atoms with Crippen molar-refractivity contribution < 1.29 is 14.3 Å². The summed E-state index contributed by atoms with van der Waals surface area (Å²) in [6.07, 6.45) is 3.79. The Morgan fingerprint density at radius 3 is 2.77 bits per heavy atom. The third-order valence-corrected chi connectivity index (χ3v) is 3.16. The number of esters is 1. The van der Waals surface area contributed by atoms with Crippen LogP contribution in [0.4, 0.5) is 0 Å². The van der Waals surface area contributed by atoms with Gasteiger partial charge in [0.2, 0.25) is 0 Å². The summed E-state index contributed by atoms with van der Waals surface area (Å²) in [5, 5.41) is 0. The Bertz CT molecular complexity index is 234. The predicted molar refractivity (Wildman–Crippen MR) is 47.3 cm³/mol. The lowest BCUT2D eigenvalue weighted by Gasteiger charge is -2.08. The number of rotatable bonds is 3. The van der Waals surface area contributed by atoms with Crippen LogP contribution < -0.4 is 0 Å². The standard InChI is InChI=1S/C10H16O3/c1-3-7-12-8(11)10-6-4-5-9(10,2)13-10/h3-7H2,1-2H3. The van der Waals surface area contributed by atoms with E-state index in [1.54, 1.807) is 0 Å². The Balaban J connectivity index is 1.98. The molecule has 1 aliphatic heterocycles. The van der Waals surface area contributed by atoms with Crippen LogP contribution in [0.3, 0.4) is 0 Å². The van der Waals surface area contributed by atoms with Crippen LogP contribution in [0.5, 0.6) is 0 Å². The van der Waals surface area contributed by atoms with E-state index in [-0.39, 0.29) is 11.6 Å². The zero-order valence-corrected chi connectivity index (χ0v) is 8.26. The average molecular weight is 184 g/mol. The molecule has 13 heavy (non-hydrogen) atoms. The molecule has 0 aromatic heterocycles. The van der Waals surface area contributed by atoms with Crippen molar-refractivity contribution in [3.05, 3.63) is 0 Å². The minimum Gasteiger partial charge on any atom is -0.463 e. The van der Waals surface area contributed by atoms with Gasteiger partial charge in [-0.2, -0.15) is 0 Å². The van der Waals surface area contributed by atoms with Gasteiger partial charge in [-0.15, -0.1) is 0 Å². The van der Waals surface area contributed by atoms with E-state index in [2.05, 4.69) is 0 Å². The highest BCUT2D eigenvalue weighted by molar-refractivity contribution is 5.85. The number of epoxide rings is 1. The van der Waals surface area contributed by atoms with E-state index in [4.69, 9.17) is 9.47 Å². The molecule has 3 heteroatoms. The van der Waals surface area contributed by atoms with E-state index in [1.165, 1.54) is 0 Å². The first kappa shape index (κ1) is 9.00. The lowest BCUT2D eigenvalue weighted by Crippen LogP contribution is -2.30. The maximum Gasteiger partial charge on any atom is 0.341 e. The number of ether oxygens (including phenoxy) is 2. The summed E-state index contributed by atoms with van der Waals surface area (Å²) in [6.45, 7) is 4.51. The molecule has 0 amide bonds. The van der Waals surface area contributed by atoms with Gasteiger partial charge in [0.25, 0.3) is 0 Å². The van der Waals surface area contributed by atoms with Gasteiger partial charge in [0.15, 0.2) is 5.60 Å². The summed E-state index contributed by atoms with van der Waals surface area (Å²) in [5.41, 5.74) is -0.750. The van der Waals surface area contributed by atoms with Crippen molar-refractivity contribution in [2.45, 2.75) is 50.7 Å². The zero-order chi connectivity index (χ0) is 9.53. The highest BCUT2D eigenvalue weighted by Crippen LogP contribution is 2.59. The van der Waals surface area contributed by atoms with Crippen LogP contribution in [0.1, 0.15) is 39.5 Å². The van der Waals surface area contributed by atoms with E-state index >= 15 is 0 Å². The summed E-state index contributed by atoms with van der Waals surface area (Å²) >= 11 is 0. The molecule has 3 nitrogen and oxygen atoms in total. The fraction of sp³-hybridized carbons (Fsp3) is 0.900. The molecule has 1 aliphatic carbocycles. The molecule has 0 spiro atoms. The fourth-order valence-electron chi connectivity index (χ4n) is 2.27. The van der Waals surface area contributed by atoms with E-state index < -0.39 is 5.60 Å². The molecular weight excluding hydrogens is 168 g/mol. The Labute approximate surface area is 78.4 Å². The Morgan fingerprint density at radius 2 is 2.31 bits per heavy atom. The lowest BCUT2D eigenvalue weighted by molar-refractivity contribution is -0.150. The molecule has 0 N–H and O–H groups in total. The molecule has 2 aliphatic rings. The second-order valence-corrected chi connectivity index (χ2v) is 4.15. The predicted octanol–water partition coefficient (Wildman–Crippen LogP) is 1.65. The third kappa shape index (κ3) is 1.10. The first-order valence-corrected chi connectivity index (χ1v) is 5.02. The fourth-order valence-corrected chi connectivity index (χ4v) is 2.27. The lowest BCUT2D eigenvalue weighted by atomic mass is 9.99. The van der Waals surface area contributed by atoms with Gasteiger partial charge in [0.1, 0.15) is 5.60 Å². The van der Waals surface area contributed by atoms with Gasteiger partial charge in [-0.25, -0.2) is 4.79 Å². The van der Waals surface area contributed by atoms with Crippen molar-refractivity contribution in [1.82, 2.24) is 0 Å². The van der Waals surface area contributed by atoms with Crippen molar-refractivity contribution in [3.8, 4) is 0 Å². The highest BCUT2D eigenvalue weighted by atomic mass is 16.7. The van der Waals surface area contributed by atoms with Gasteiger partial charge in [-0.3, -0.25) is 0 Å². The summed E-state index contributed by atoms with van der Waals surface area (Å²) in [5.74, 6) is -0.144. The van der Waals surface area contributed by atoms with Crippen LogP contribution in [0.2, 0.25) is 0 Å². The van der Waals surface area contributed by atoms with Crippen LogP contribution in [-0.2, 0) is 14.3 Å². The summed E-state index contributed by atoms with van der Waals surface area (Å²) < 4.78 is 10.6. The van der Waals surface area contributed by atoms with Crippen molar-refractivity contribution in [2.24, 2.45) is 0 Å². The number of hydrogen-bond donors (Lipinski definition) is 0. The van der Waals surface area contributed by atoms with Gasteiger partial charge in [0.05, 0.1) is 6.61 Å². The van der Waals surface area contributed by atoms with Crippen molar-refractivity contribution in [1.29, 1.82) is 0 Å². The molecule has 2 rings (SSSR count). The molecule has 1 saturated carbocycles. The van der Waals surface area contributed by atoms with E-state index in [1.807, 2.05) is 13.8 Å². The van der Waals surface area contributed by atoms with Gasteiger partial charge in [-0.05, 0) is 32.6 Å². The first-order chi connectivity index (χ1) is 6.15. The molecule has 2 atom stereocenters. The van der Waals surface area contributed by atoms with Gasteiger partial charge in [-0.1, -0.05) is 6.92 Å². The molecule has 2 unspecified atom stereocenters. The van der Waals surface area contributed by atoms with Crippen molar-refractivity contribution >= 4 is 5.97 Å². The van der Waals surface area contributed by atoms with Crippen molar-refractivity contribution in [3.63, 3.8) is 0 Å². The second kappa shape index (κ2) is 2.71. The summed E-state index contributed by atoms with van der Waals surface area (Å²) in [7, 11) is 0. The second-order valence-electron chi connectivity index (χ2n) is 4.15. The van der Waals surface area contributed by atoms with E-state index in [0.29, 0.717) is 6.61 Å². The first-order valence-electron chi connectivity index (χ1n) is 5.02. The van der Waals surface area contributed by atoms with Gasteiger partial charge in [0, 0.05) is 0 Å². The number of carbonyl (C=O) groups is 1. The Morgan fingerprint density at radius 1 is 1.54 bits per heavy atom. The Hall–Kier alpha value is -0.570. The molecule has 0 bridgehead atoms. The van der Waals surface area contributed by atoms with Crippen LogP contribution in [0.15, 0.2) is 0 Å². The number of carbonyl (C=O) groups excluding carboxylic acids is 1. The average Bonchev–Trinajstić information content (AvgIpc) is 2.57. The maximum atomic E-state index is 11.6. The largest absolute Gasteiger partial charge is 0.463 e. The summed E-state index contributed by atoms with van der Waals surface area (Å²) in [4.78, 5) is 11.6. The molecule has 0 aromatic rings. The normalized spacial score (nSPS) is 41.4. The molecule has 0 aromatic carbocycles. The number of fused-ring (bicyclic) bond motifs is 1. The molecule has 1 heterocycles. The maximum absolute atomic E-state index is 11.6. The smallest absolute Gasteiger partial charge is 0.341 e.